The molecule has 0 bridgehead atoms. The molecule has 0 saturated carbocycles. The number of likely N-dealkylation sites (N-methyl/N-ethyl adjacent to an activating group) is 1. The molecule has 164 valence electrons. The van der Waals surface area contributed by atoms with Crippen LogP contribution < -0.4 is 0 Å². The predicted octanol–water partition coefficient (Wildman–Crippen LogP) is 4.82. The largest absolute Gasteiger partial charge is 0.298 e. The van der Waals surface area contributed by atoms with E-state index in [1.54, 1.807) is 12.1 Å². The summed E-state index contributed by atoms with van der Waals surface area (Å²) in [5, 5.41) is -0.449. The fourth-order valence-corrected chi connectivity index (χ4v) is 6.26. The van der Waals surface area contributed by atoms with Crippen LogP contribution in [0.1, 0.15) is 45.1 Å². The quantitative estimate of drug-likeness (QED) is 0.574. The molecule has 2 aromatic carbocycles. The number of benzene rings is 2. The molecule has 1 saturated heterocycles. The Hall–Kier alpha value is -1.69. The molecule has 0 N–H and O–H groups in total. The van der Waals surface area contributed by atoms with Crippen molar-refractivity contribution in [1.82, 2.24) is 9.80 Å². The van der Waals surface area contributed by atoms with Crippen LogP contribution >= 0.6 is 0 Å². The molecule has 1 fully saturated rings. The smallest absolute Gasteiger partial charge is 0.194 e. The number of rotatable bonds is 9. The van der Waals surface area contributed by atoms with Crippen LogP contribution in [0.4, 0.5) is 0 Å². The van der Waals surface area contributed by atoms with Gasteiger partial charge in [0.25, 0.3) is 0 Å². The first-order valence-corrected chi connectivity index (χ1v) is 12.7. The molecule has 4 nitrogen and oxygen atoms in total. The highest BCUT2D eigenvalue weighted by molar-refractivity contribution is 7.92. The lowest BCUT2D eigenvalue weighted by atomic mass is 10.0. The van der Waals surface area contributed by atoms with Crippen molar-refractivity contribution in [3.8, 4) is 0 Å². The van der Waals surface area contributed by atoms with Gasteiger partial charge in [-0.2, -0.15) is 0 Å². The average molecular weight is 429 g/mol. The van der Waals surface area contributed by atoms with Crippen molar-refractivity contribution in [2.75, 3.05) is 20.1 Å². The fraction of sp³-hybridized carbons (Fsp3) is 0.520. The monoisotopic (exact) mass is 428 g/mol. The summed E-state index contributed by atoms with van der Waals surface area (Å²) in [5.74, 6) is 0.486. The van der Waals surface area contributed by atoms with E-state index in [1.807, 2.05) is 24.3 Å². The lowest BCUT2D eigenvalue weighted by molar-refractivity contribution is 0.0981. The Morgan fingerprint density at radius 3 is 2.27 bits per heavy atom. The number of nitrogens with zero attached hydrogens (tertiary/aromatic N) is 2. The van der Waals surface area contributed by atoms with Gasteiger partial charge in [-0.3, -0.25) is 9.80 Å². The Morgan fingerprint density at radius 1 is 1.00 bits per heavy atom. The first-order chi connectivity index (χ1) is 14.4. The molecular weight excluding hydrogens is 392 g/mol. The standard InChI is InChI=1S/C25H36N2O2S/c1-21(2)16-17-25(30(28,29)24-14-8-5-9-15-24)27-18-10-13-23(20-27)26(3)19-22-11-6-4-7-12-22/h4-9,11-12,14-15,21,23,25H,10,13,16-20H2,1-3H3. The Morgan fingerprint density at radius 2 is 1.63 bits per heavy atom. The second-order valence-corrected chi connectivity index (χ2v) is 11.1. The van der Waals surface area contributed by atoms with Gasteiger partial charge in [-0.1, -0.05) is 62.4 Å². The maximum atomic E-state index is 13.6. The van der Waals surface area contributed by atoms with Gasteiger partial charge in [-0.15, -0.1) is 0 Å². The van der Waals surface area contributed by atoms with Crippen LogP contribution in [0.5, 0.6) is 0 Å². The number of hydrogen-bond acceptors (Lipinski definition) is 4. The SMILES string of the molecule is CC(C)CCC(N1CCCC(N(C)Cc2ccccc2)C1)S(=O)(=O)c1ccccc1. The van der Waals surface area contributed by atoms with Crippen molar-refractivity contribution in [3.63, 3.8) is 0 Å². The minimum absolute atomic E-state index is 0.367. The summed E-state index contributed by atoms with van der Waals surface area (Å²) in [6.45, 7) is 6.88. The number of likely N-dealkylation sites (tertiary alicyclic amines) is 1. The fourth-order valence-electron chi connectivity index (χ4n) is 4.38. The van der Waals surface area contributed by atoms with Crippen LogP contribution in [0.15, 0.2) is 65.6 Å². The van der Waals surface area contributed by atoms with Crippen LogP contribution in [-0.2, 0) is 16.4 Å². The van der Waals surface area contributed by atoms with Gasteiger partial charge in [0.2, 0.25) is 0 Å². The second kappa shape index (κ2) is 10.6. The molecule has 0 aliphatic carbocycles. The highest BCUT2D eigenvalue weighted by atomic mass is 32.2. The lowest BCUT2D eigenvalue weighted by Crippen LogP contribution is -2.52. The van der Waals surface area contributed by atoms with E-state index in [0.717, 1.165) is 38.9 Å². The third-order valence-electron chi connectivity index (χ3n) is 6.15. The van der Waals surface area contributed by atoms with Gasteiger partial charge in [-0.25, -0.2) is 8.42 Å². The molecule has 5 heteroatoms. The van der Waals surface area contributed by atoms with Crippen molar-refractivity contribution in [2.45, 2.75) is 62.4 Å². The van der Waals surface area contributed by atoms with Gasteiger partial charge in [0.1, 0.15) is 5.37 Å². The summed E-state index contributed by atoms with van der Waals surface area (Å²) in [5.41, 5.74) is 1.30. The third-order valence-corrected chi connectivity index (χ3v) is 8.33. The van der Waals surface area contributed by atoms with Crippen molar-refractivity contribution in [3.05, 3.63) is 66.2 Å². The number of hydrogen-bond donors (Lipinski definition) is 0. The highest BCUT2D eigenvalue weighted by Gasteiger charge is 2.36. The van der Waals surface area contributed by atoms with Crippen LogP contribution in [0.3, 0.4) is 0 Å². The van der Waals surface area contributed by atoms with Gasteiger partial charge < -0.3 is 0 Å². The van der Waals surface area contributed by atoms with Gasteiger partial charge in [0.05, 0.1) is 4.90 Å². The molecule has 0 radical (unpaired) electrons. The summed E-state index contributed by atoms with van der Waals surface area (Å²) < 4.78 is 27.1. The Bertz CT molecular complexity index is 869. The topological polar surface area (TPSA) is 40.6 Å². The van der Waals surface area contributed by atoms with Crippen LogP contribution in [0.2, 0.25) is 0 Å². The first-order valence-electron chi connectivity index (χ1n) is 11.1. The minimum Gasteiger partial charge on any atom is -0.298 e. The average Bonchev–Trinajstić information content (AvgIpc) is 2.75. The maximum Gasteiger partial charge on any atom is 0.194 e. The summed E-state index contributed by atoms with van der Waals surface area (Å²) >= 11 is 0. The van der Waals surface area contributed by atoms with Crippen molar-refractivity contribution in [1.29, 1.82) is 0 Å². The lowest BCUT2D eigenvalue weighted by Gasteiger charge is -2.41. The minimum atomic E-state index is -3.40. The van der Waals surface area contributed by atoms with Crippen LogP contribution in [0, 0.1) is 5.92 Å². The predicted molar refractivity (Wildman–Crippen MR) is 124 cm³/mol. The number of piperidine rings is 1. The molecular formula is C25H36N2O2S. The summed E-state index contributed by atoms with van der Waals surface area (Å²) in [4.78, 5) is 5.06. The van der Waals surface area contributed by atoms with E-state index in [2.05, 4.69) is 55.0 Å². The van der Waals surface area contributed by atoms with E-state index in [9.17, 15) is 8.42 Å². The van der Waals surface area contributed by atoms with Crippen molar-refractivity contribution in [2.24, 2.45) is 5.92 Å². The molecule has 3 rings (SSSR count). The van der Waals surface area contributed by atoms with E-state index < -0.39 is 15.2 Å². The van der Waals surface area contributed by atoms with Crippen LogP contribution in [-0.4, -0.2) is 49.8 Å². The Labute approximate surface area is 182 Å². The summed E-state index contributed by atoms with van der Waals surface area (Å²) in [6, 6.07) is 19.9. The molecule has 2 atom stereocenters. The van der Waals surface area contributed by atoms with E-state index >= 15 is 0 Å². The van der Waals surface area contributed by atoms with E-state index in [1.165, 1.54) is 5.56 Å². The maximum absolute atomic E-state index is 13.6. The molecule has 30 heavy (non-hydrogen) atoms. The third kappa shape index (κ3) is 5.93. The van der Waals surface area contributed by atoms with Gasteiger partial charge >= 0.3 is 0 Å². The van der Waals surface area contributed by atoms with Crippen molar-refractivity contribution >= 4 is 9.84 Å². The molecule has 0 spiro atoms. The summed E-state index contributed by atoms with van der Waals surface area (Å²) in [6.07, 6.45) is 3.75. The van der Waals surface area contributed by atoms with Crippen molar-refractivity contribution < 1.29 is 8.42 Å². The van der Waals surface area contributed by atoms with Crippen LogP contribution in [0.25, 0.3) is 0 Å². The highest BCUT2D eigenvalue weighted by Crippen LogP contribution is 2.28. The first kappa shape index (κ1) is 23.0. The Balaban J connectivity index is 1.77. The second-order valence-electron chi connectivity index (χ2n) is 8.98. The Kier molecular flexibility index (Phi) is 8.09. The molecule has 0 amide bonds. The summed E-state index contributed by atoms with van der Waals surface area (Å²) in [7, 11) is -1.23. The molecule has 1 aliphatic rings. The number of sulfone groups is 1. The molecule has 1 aliphatic heterocycles. The molecule has 0 aromatic heterocycles. The molecule has 1 heterocycles. The molecule has 2 unspecified atom stereocenters. The zero-order valence-electron chi connectivity index (χ0n) is 18.6. The zero-order valence-corrected chi connectivity index (χ0v) is 19.4. The van der Waals surface area contributed by atoms with Gasteiger partial charge in [0, 0.05) is 19.1 Å². The van der Waals surface area contributed by atoms with E-state index in [4.69, 9.17) is 0 Å². The van der Waals surface area contributed by atoms with E-state index in [0.29, 0.717) is 23.3 Å². The van der Waals surface area contributed by atoms with E-state index in [-0.39, 0.29) is 0 Å². The van der Waals surface area contributed by atoms with Gasteiger partial charge in [-0.05, 0) is 62.9 Å². The zero-order chi connectivity index (χ0) is 21.6. The van der Waals surface area contributed by atoms with Gasteiger partial charge in [0.15, 0.2) is 9.84 Å². The normalized spacial score (nSPS) is 19.3. The molecule has 2 aromatic rings.